The molecule has 2 heterocycles. The van der Waals surface area contributed by atoms with Crippen LogP contribution in [-0.2, 0) is 0 Å². The van der Waals surface area contributed by atoms with Gasteiger partial charge in [0.1, 0.15) is 5.82 Å². The minimum Gasteiger partial charge on any atom is -0.302 e. The largest absolute Gasteiger partial charge is 0.302 e. The van der Waals surface area contributed by atoms with Gasteiger partial charge >= 0.3 is 0 Å². The Morgan fingerprint density at radius 2 is 2.10 bits per heavy atom. The van der Waals surface area contributed by atoms with Gasteiger partial charge in [0.15, 0.2) is 0 Å². The van der Waals surface area contributed by atoms with Crippen LogP contribution >= 0.6 is 11.3 Å². The van der Waals surface area contributed by atoms with Gasteiger partial charge in [0.2, 0.25) is 0 Å². The number of aryl methyl sites for hydroxylation is 2. The van der Waals surface area contributed by atoms with Crippen LogP contribution in [-0.4, -0.2) is 4.98 Å². The number of aromatic nitrogens is 1. The van der Waals surface area contributed by atoms with E-state index < -0.39 is 0 Å². The molecule has 1 N–H and O–H groups in total. The zero-order valence-electron chi connectivity index (χ0n) is 12.4. The van der Waals surface area contributed by atoms with Gasteiger partial charge in [-0.25, -0.2) is 4.39 Å². The second-order valence-electron chi connectivity index (χ2n) is 5.12. The zero-order chi connectivity index (χ0) is 14.7. The fraction of sp³-hybridized carbons (Fsp3) is 0.438. The molecule has 2 aromatic heterocycles. The molecule has 20 heavy (non-hydrogen) atoms. The van der Waals surface area contributed by atoms with Gasteiger partial charge in [0.25, 0.3) is 0 Å². The van der Waals surface area contributed by atoms with Crippen LogP contribution in [0.3, 0.4) is 0 Å². The second-order valence-corrected chi connectivity index (χ2v) is 6.58. The third-order valence-corrected chi connectivity index (χ3v) is 4.49. The van der Waals surface area contributed by atoms with E-state index in [-0.39, 0.29) is 17.9 Å². The summed E-state index contributed by atoms with van der Waals surface area (Å²) in [4.78, 5) is 6.87. The molecule has 0 aliphatic heterocycles. The van der Waals surface area contributed by atoms with Crippen LogP contribution in [0.25, 0.3) is 0 Å². The molecule has 0 spiro atoms. The summed E-state index contributed by atoms with van der Waals surface area (Å²) in [6.45, 7) is 8.57. The Morgan fingerprint density at radius 1 is 1.35 bits per heavy atom. The summed E-state index contributed by atoms with van der Waals surface area (Å²) in [5, 5.41) is 3.59. The number of halogens is 1. The van der Waals surface area contributed by atoms with Crippen LogP contribution < -0.4 is 5.32 Å². The second kappa shape index (κ2) is 6.46. The van der Waals surface area contributed by atoms with E-state index in [2.05, 4.69) is 44.1 Å². The first kappa shape index (κ1) is 15.1. The molecular weight excluding hydrogens is 271 g/mol. The van der Waals surface area contributed by atoms with E-state index in [0.717, 1.165) is 12.1 Å². The normalized spacial score (nSPS) is 14.2. The molecule has 2 atom stereocenters. The predicted molar refractivity (Wildman–Crippen MR) is 82.6 cm³/mol. The SMILES string of the molecule is CCC(NC(C)c1cc(C)sc1C)c1ccc(F)cn1. The molecule has 2 unspecified atom stereocenters. The third-order valence-electron chi connectivity index (χ3n) is 3.51. The van der Waals surface area contributed by atoms with Gasteiger partial charge in [0, 0.05) is 21.8 Å². The van der Waals surface area contributed by atoms with Crippen molar-refractivity contribution in [1.82, 2.24) is 10.3 Å². The Bertz CT molecular complexity index is 562. The zero-order valence-corrected chi connectivity index (χ0v) is 13.2. The first-order valence-corrected chi connectivity index (χ1v) is 7.77. The molecule has 0 aliphatic rings. The van der Waals surface area contributed by atoms with Gasteiger partial charge < -0.3 is 5.32 Å². The monoisotopic (exact) mass is 292 g/mol. The van der Waals surface area contributed by atoms with Gasteiger partial charge in [-0.1, -0.05) is 6.92 Å². The van der Waals surface area contributed by atoms with Crippen molar-refractivity contribution in [2.45, 2.75) is 46.2 Å². The van der Waals surface area contributed by atoms with Gasteiger partial charge in [-0.3, -0.25) is 4.98 Å². The minimum absolute atomic E-state index is 0.144. The smallest absolute Gasteiger partial charge is 0.141 e. The van der Waals surface area contributed by atoms with Crippen LogP contribution in [0.2, 0.25) is 0 Å². The standard InChI is InChI=1S/C16H21FN2S/c1-5-15(16-7-6-13(17)9-18-16)19-11(3)14-8-10(2)20-12(14)4/h6-9,11,15,19H,5H2,1-4H3. The van der Waals surface area contributed by atoms with Crippen molar-refractivity contribution in [3.63, 3.8) is 0 Å². The molecule has 0 saturated carbocycles. The lowest BCUT2D eigenvalue weighted by molar-refractivity contribution is 0.446. The van der Waals surface area contributed by atoms with E-state index in [1.807, 2.05) is 11.3 Å². The molecule has 108 valence electrons. The number of pyridine rings is 1. The summed E-state index contributed by atoms with van der Waals surface area (Å²) in [6, 6.07) is 5.87. The van der Waals surface area contributed by atoms with Crippen LogP contribution in [0.4, 0.5) is 4.39 Å². The maximum Gasteiger partial charge on any atom is 0.141 e. The Labute approximate surface area is 124 Å². The number of nitrogens with zero attached hydrogens (tertiary/aromatic N) is 1. The lowest BCUT2D eigenvalue weighted by Crippen LogP contribution is -2.25. The highest BCUT2D eigenvalue weighted by Gasteiger charge is 2.17. The Morgan fingerprint density at radius 3 is 2.60 bits per heavy atom. The lowest BCUT2D eigenvalue weighted by Gasteiger charge is -2.22. The molecule has 0 radical (unpaired) electrons. The van der Waals surface area contributed by atoms with E-state index in [1.165, 1.54) is 27.6 Å². The summed E-state index contributed by atoms with van der Waals surface area (Å²) in [6.07, 6.45) is 2.20. The predicted octanol–water partition coefficient (Wildman–Crippen LogP) is 4.70. The van der Waals surface area contributed by atoms with E-state index in [4.69, 9.17) is 0 Å². The molecule has 2 aromatic rings. The first-order valence-electron chi connectivity index (χ1n) is 6.95. The highest BCUT2D eigenvalue weighted by molar-refractivity contribution is 7.12. The molecular formula is C16H21FN2S. The molecule has 0 bridgehead atoms. The molecule has 4 heteroatoms. The fourth-order valence-electron chi connectivity index (χ4n) is 2.48. The Balaban J connectivity index is 2.13. The van der Waals surface area contributed by atoms with Crippen LogP contribution in [0.15, 0.2) is 24.4 Å². The van der Waals surface area contributed by atoms with Crippen molar-refractivity contribution in [3.05, 3.63) is 51.2 Å². The molecule has 0 amide bonds. The van der Waals surface area contributed by atoms with Gasteiger partial charge in [-0.2, -0.15) is 0 Å². The van der Waals surface area contributed by atoms with Gasteiger partial charge in [0.05, 0.1) is 11.9 Å². The highest BCUT2D eigenvalue weighted by Crippen LogP contribution is 2.28. The molecule has 2 nitrogen and oxygen atoms in total. The minimum atomic E-state index is -0.291. The van der Waals surface area contributed by atoms with Gasteiger partial charge in [-0.15, -0.1) is 11.3 Å². The van der Waals surface area contributed by atoms with Crippen LogP contribution in [0.5, 0.6) is 0 Å². The molecule has 0 aromatic carbocycles. The van der Waals surface area contributed by atoms with Crippen molar-refractivity contribution in [2.75, 3.05) is 0 Å². The third kappa shape index (κ3) is 3.44. The summed E-state index contributed by atoms with van der Waals surface area (Å²) in [5.41, 5.74) is 2.23. The lowest BCUT2D eigenvalue weighted by atomic mass is 10.1. The van der Waals surface area contributed by atoms with E-state index >= 15 is 0 Å². The Kier molecular flexibility index (Phi) is 4.89. The molecule has 0 aliphatic carbocycles. The first-order chi connectivity index (χ1) is 9.51. The summed E-state index contributed by atoms with van der Waals surface area (Å²) in [5.74, 6) is -0.291. The topological polar surface area (TPSA) is 24.9 Å². The quantitative estimate of drug-likeness (QED) is 0.864. The van der Waals surface area contributed by atoms with Crippen LogP contribution in [0.1, 0.15) is 53.4 Å². The van der Waals surface area contributed by atoms with Crippen LogP contribution in [0, 0.1) is 19.7 Å². The van der Waals surface area contributed by atoms with Crippen molar-refractivity contribution in [3.8, 4) is 0 Å². The summed E-state index contributed by atoms with van der Waals surface area (Å²) < 4.78 is 13.0. The fourth-order valence-corrected chi connectivity index (χ4v) is 3.50. The number of hydrogen-bond donors (Lipinski definition) is 1. The number of rotatable bonds is 5. The Hall–Kier alpha value is -1.26. The summed E-state index contributed by atoms with van der Waals surface area (Å²) >= 11 is 1.82. The average molecular weight is 292 g/mol. The average Bonchev–Trinajstić information content (AvgIpc) is 2.76. The van der Waals surface area contributed by atoms with Crippen molar-refractivity contribution < 1.29 is 4.39 Å². The number of nitrogens with one attached hydrogen (secondary N) is 1. The van der Waals surface area contributed by atoms with Gasteiger partial charge in [-0.05, 0) is 51.0 Å². The van der Waals surface area contributed by atoms with E-state index in [0.29, 0.717) is 0 Å². The van der Waals surface area contributed by atoms with E-state index in [1.54, 1.807) is 6.07 Å². The summed E-state index contributed by atoms with van der Waals surface area (Å²) in [7, 11) is 0. The van der Waals surface area contributed by atoms with Crippen molar-refractivity contribution >= 4 is 11.3 Å². The molecule has 2 rings (SSSR count). The highest BCUT2D eigenvalue weighted by atomic mass is 32.1. The maximum atomic E-state index is 13.0. The number of thiophene rings is 1. The van der Waals surface area contributed by atoms with Crippen molar-refractivity contribution in [1.29, 1.82) is 0 Å². The molecule has 0 fully saturated rings. The van der Waals surface area contributed by atoms with E-state index in [9.17, 15) is 4.39 Å². The number of hydrogen-bond acceptors (Lipinski definition) is 3. The molecule has 0 saturated heterocycles. The van der Waals surface area contributed by atoms with Crippen molar-refractivity contribution in [2.24, 2.45) is 0 Å². The maximum absolute atomic E-state index is 13.0.